The molecule has 21 heavy (non-hydrogen) atoms. The predicted octanol–water partition coefficient (Wildman–Crippen LogP) is 3.57. The van der Waals surface area contributed by atoms with Crippen LogP contribution in [0.2, 0.25) is 0 Å². The van der Waals surface area contributed by atoms with Gasteiger partial charge in [-0.2, -0.15) is 0 Å². The summed E-state index contributed by atoms with van der Waals surface area (Å²) >= 11 is 0. The zero-order valence-corrected chi connectivity index (χ0v) is 13.1. The third-order valence-corrected chi connectivity index (χ3v) is 3.73. The van der Waals surface area contributed by atoms with Gasteiger partial charge in [-0.05, 0) is 37.5 Å². The minimum Gasteiger partial charge on any atom is -0.494 e. The summed E-state index contributed by atoms with van der Waals surface area (Å²) in [6.07, 6.45) is 3.08. The second-order valence-corrected chi connectivity index (χ2v) is 5.55. The first-order valence-corrected chi connectivity index (χ1v) is 7.62. The molecular formula is C17H26O4. The molecule has 4 nitrogen and oxygen atoms in total. The molecule has 0 heterocycles. The van der Waals surface area contributed by atoms with Gasteiger partial charge in [0.05, 0.1) is 12.5 Å². The van der Waals surface area contributed by atoms with E-state index in [-0.39, 0.29) is 0 Å². The lowest BCUT2D eigenvalue weighted by Crippen LogP contribution is -2.37. The number of aliphatic carboxylic acids is 1. The molecule has 4 heteroatoms. The summed E-state index contributed by atoms with van der Waals surface area (Å²) in [5, 5.41) is 20.1. The number of carboxylic acid groups (broad SMARTS) is 1. The zero-order chi connectivity index (χ0) is 15.9. The second-order valence-electron chi connectivity index (χ2n) is 5.55. The summed E-state index contributed by atoms with van der Waals surface area (Å²) in [5.74, 6) is -1.03. The van der Waals surface area contributed by atoms with Crippen molar-refractivity contribution in [3.8, 4) is 5.75 Å². The van der Waals surface area contributed by atoms with Gasteiger partial charge in [-0.15, -0.1) is 0 Å². The summed E-state index contributed by atoms with van der Waals surface area (Å²) in [6, 6.07) is 7.04. The van der Waals surface area contributed by atoms with Crippen LogP contribution in [0, 0.1) is 5.92 Å². The quantitative estimate of drug-likeness (QED) is 0.730. The maximum atomic E-state index is 11.4. The smallest absolute Gasteiger partial charge is 0.309 e. The molecule has 0 aliphatic carbocycles. The summed E-state index contributed by atoms with van der Waals surface area (Å²) in [5.41, 5.74) is -0.778. The van der Waals surface area contributed by atoms with Gasteiger partial charge in [-0.3, -0.25) is 4.79 Å². The molecule has 0 bridgehead atoms. The third kappa shape index (κ3) is 4.74. The Morgan fingerprint density at radius 2 is 1.86 bits per heavy atom. The number of rotatable bonds is 9. The Morgan fingerprint density at radius 3 is 2.33 bits per heavy atom. The molecular weight excluding hydrogens is 268 g/mol. The highest BCUT2D eigenvalue weighted by Crippen LogP contribution is 2.34. The number of ether oxygens (including phenoxy) is 1. The van der Waals surface area contributed by atoms with E-state index in [0.717, 1.165) is 25.0 Å². The Labute approximate surface area is 126 Å². The van der Waals surface area contributed by atoms with Crippen molar-refractivity contribution in [2.75, 3.05) is 6.61 Å². The van der Waals surface area contributed by atoms with Crippen LogP contribution >= 0.6 is 0 Å². The van der Waals surface area contributed by atoms with Gasteiger partial charge in [0.15, 0.2) is 0 Å². The van der Waals surface area contributed by atoms with Crippen molar-refractivity contribution in [2.24, 2.45) is 5.92 Å². The molecule has 0 fully saturated rings. The van der Waals surface area contributed by atoms with Crippen molar-refractivity contribution in [1.82, 2.24) is 0 Å². The van der Waals surface area contributed by atoms with E-state index in [9.17, 15) is 15.0 Å². The molecule has 1 rings (SSSR count). The third-order valence-electron chi connectivity index (χ3n) is 3.73. The summed E-state index contributed by atoms with van der Waals surface area (Å²) in [7, 11) is 0. The number of hydrogen-bond acceptors (Lipinski definition) is 3. The molecule has 0 amide bonds. The van der Waals surface area contributed by atoms with Gasteiger partial charge in [0.1, 0.15) is 11.4 Å². The number of benzene rings is 1. The first-order valence-electron chi connectivity index (χ1n) is 7.62. The number of carboxylic acids is 1. The van der Waals surface area contributed by atoms with Crippen LogP contribution < -0.4 is 4.74 Å². The van der Waals surface area contributed by atoms with E-state index < -0.39 is 17.5 Å². The minimum atomic E-state index is -1.38. The lowest BCUT2D eigenvalue weighted by atomic mass is 9.80. The molecule has 1 aromatic carbocycles. The Bertz CT molecular complexity index is 437. The van der Waals surface area contributed by atoms with Crippen LogP contribution in [0.5, 0.6) is 5.75 Å². The van der Waals surface area contributed by atoms with Gasteiger partial charge < -0.3 is 14.9 Å². The SMILES string of the molecule is CCCCC(C(=O)O)C(C)(O)c1ccc(OCCC)cc1. The highest BCUT2D eigenvalue weighted by molar-refractivity contribution is 5.72. The number of aliphatic hydroxyl groups is 1. The number of hydrogen-bond donors (Lipinski definition) is 2. The molecule has 2 N–H and O–H groups in total. The van der Waals surface area contributed by atoms with Gasteiger partial charge in [0, 0.05) is 0 Å². The van der Waals surface area contributed by atoms with Crippen LogP contribution in [0.15, 0.2) is 24.3 Å². The first-order chi connectivity index (χ1) is 9.93. The Hall–Kier alpha value is -1.55. The van der Waals surface area contributed by atoms with Gasteiger partial charge >= 0.3 is 5.97 Å². The van der Waals surface area contributed by atoms with Crippen molar-refractivity contribution in [3.05, 3.63) is 29.8 Å². The van der Waals surface area contributed by atoms with Crippen molar-refractivity contribution in [1.29, 1.82) is 0 Å². The Balaban J connectivity index is 2.90. The molecule has 1 aromatic rings. The predicted molar refractivity (Wildman–Crippen MR) is 82.4 cm³/mol. The van der Waals surface area contributed by atoms with Crippen LogP contribution in [0.1, 0.15) is 52.0 Å². The molecule has 0 aliphatic heterocycles. The summed E-state index contributed by atoms with van der Waals surface area (Å²) < 4.78 is 5.50. The maximum Gasteiger partial charge on any atom is 0.309 e. The first kappa shape index (κ1) is 17.5. The molecule has 0 saturated heterocycles. The van der Waals surface area contributed by atoms with Crippen LogP contribution in [0.25, 0.3) is 0 Å². The van der Waals surface area contributed by atoms with Crippen molar-refractivity contribution in [2.45, 2.75) is 52.1 Å². The summed E-state index contributed by atoms with van der Waals surface area (Å²) in [6.45, 7) is 6.26. The lowest BCUT2D eigenvalue weighted by Gasteiger charge is -2.30. The fraction of sp³-hybridized carbons (Fsp3) is 0.588. The average molecular weight is 294 g/mol. The van der Waals surface area contributed by atoms with Crippen molar-refractivity contribution >= 4 is 5.97 Å². The lowest BCUT2D eigenvalue weighted by molar-refractivity contribution is -0.152. The molecule has 0 aromatic heterocycles. The highest BCUT2D eigenvalue weighted by atomic mass is 16.5. The normalized spacial score (nSPS) is 15.2. The van der Waals surface area contributed by atoms with Crippen LogP contribution in [-0.2, 0) is 10.4 Å². The molecule has 2 atom stereocenters. The van der Waals surface area contributed by atoms with E-state index in [1.807, 2.05) is 13.8 Å². The molecule has 0 radical (unpaired) electrons. The second kappa shape index (κ2) is 8.03. The largest absolute Gasteiger partial charge is 0.494 e. The monoisotopic (exact) mass is 294 g/mol. The van der Waals surface area contributed by atoms with E-state index in [4.69, 9.17) is 4.74 Å². The molecule has 118 valence electrons. The zero-order valence-electron chi connectivity index (χ0n) is 13.1. The van der Waals surface area contributed by atoms with E-state index >= 15 is 0 Å². The van der Waals surface area contributed by atoms with Crippen molar-refractivity contribution < 1.29 is 19.7 Å². The van der Waals surface area contributed by atoms with Gasteiger partial charge in [-0.1, -0.05) is 38.8 Å². The van der Waals surface area contributed by atoms with Gasteiger partial charge in [-0.25, -0.2) is 0 Å². The van der Waals surface area contributed by atoms with Crippen LogP contribution in [-0.4, -0.2) is 22.8 Å². The summed E-state index contributed by atoms with van der Waals surface area (Å²) in [4.78, 5) is 11.4. The Kier molecular flexibility index (Phi) is 6.69. The molecule has 0 aliphatic rings. The van der Waals surface area contributed by atoms with Gasteiger partial charge in [0.2, 0.25) is 0 Å². The minimum absolute atomic E-state index is 0.465. The van der Waals surface area contributed by atoms with Crippen LogP contribution in [0.3, 0.4) is 0 Å². The maximum absolute atomic E-state index is 11.4. The van der Waals surface area contributed by atoms with Crippen molar-refractivity contribution in [3.63, 3.8) is 0 Å². The van der Waals surface area contributed by atoms with Crippen LogP contribution in [0.4, 0.5) is 0 Å². The van der Waals surface area contributed by atoms with E-state index in [1.54, 1.807) is 31.2 Å². The van der Waals surface area contributed by atoms with E-state index in [2.05, 4.69) is 0 Å². The molecule has 2 unspecified atom stereocenters. The fourth-order valence-corrected chi connectivity index (χ4v) is 2.36. The Morgan fingerprint density at radius 1 is 1.24 bits per heavy atom. The molecule has 0 saturated carbocycles. The number of unbranched alkanes of at least 4 members (excludes halogenated alkanes) is 1. The highest BCUT2D eigenvalue weighted by Gasteiger charge is 2.38. The van der Waals surface area contributed by atoms with E-state index in [1.165, 1.54) is 0 Å². The topological polar surface area (TPSA) is 66.8 Å². The molecule has 0 spiro atoms. The standard InChI is InChI=1S/C17H26O4/c1-4-6-7-15(16(18)19)17(3,20)13-8-10-14(11-9-13)21-12-5-2/h8-11,15,20H,4-7,12H2,1-3H3,(H,18,19). The average Bonchev–Trinajstić information content (AvgIpc) is 2.45. The number of carbonyl (C=O) groups is 1. The van der Waals surface area contributed by atoms with E-state index in [0.29, 0.717) is 18.6 Å². The van der Waals surface area contributed by atoms with Gasteiger partial charge in [0.25, 0.3) is 0 Å². The fourth-order valence-electron chi connectivity index (χ4n) is 2.36.